The molecule has 17 heavy (non-hydrogen) atoms. The average molecular weight is 258 g/mol. The number of aliphatic hydroxyl groups is 1. The Kier molecular flexibility index (Phi) is 5.80. The number of nitrogens with one attached hydrogen (secondary N) is 1. The number of amides is 1. The van der Waals surface area contributed by atoms with Crippen LogP contribution in [0.2, 0.25) is 0 Å². The predicted molar refractivity (Wildman–Crippen MR) is 66.3 cm³/mol. The number of carbonyl (C=O) groups is 1. The lowest BCUT2D eigenvalue weighted by Gasteiger charge is -2.11. The van der Waals surface area contributed by atoms with Crippen LogP contribution < -0.4 is 10.1 Å². The van der Waals surface area contributed by atoms with Gasteiger partial charge in [0.25, 0.3) is 0 Å². The van der Waals surface area contributed by atoms with Gasteiger partial charge in [0.1, 0.15) is 11.1 Å². The smallest absolute Gasteiger partial charge is 0.242 e. The van der Waals surface area contributed by atoms with E-state index in [1.807, 2.05) is 0 Å². The van der Waals surface area contributed by atoms with Crippen molar-refractivity contribution in [2.24, 2.45) is 0 Å². The highest BCUT2D eigenvalue weighted by molar-refractivity contribution is 6.30. The van der Waals surface area contributed by atoms with Gasteiger partial charge in [-0.3, -0.25) is 4.79 Å². The number of alkyl halides is 1. The zero-order valence-electron chi connectivity index (χ0n) is 9.65. The van der Waals surface area contributed by atoms with E-state index in [0.29, 0.717) is 18.5 Å². The van der Waals surface area contributed by atoms with Crippen LogP contribution in [-0.2, 0) is 4.79 Å². The van der Waals surface area contributed by atoms with Crippen molar-refractivity contribution in [3.63, 3.8) is 0 Å². The number of hydrogen-bond donors (Lipinski definition) is 2. The Balaban J connectivity index is 2.55. The predicted octanol–water partition coefficient (Wildman–Crippen LogP) is 1.47. The molecule has 0 bridgehead atoms. The van der Waals surface area contributed by atoms with Gasteiger partial charge in [0, 0.05) is 13.2 Å². The maximum atomic E-state index is 11.6. The van der Waals surface area contributed by atoms with E-state index in [0.717, 1.165) is 5.75 Å². The number of aliphatic hydroxyl groups excluding tert-OH is 1. The summed E-state index contributed by atoms with van der Waals surface area (Å²) in [6, 6.07) is 7.02. The van der Waals surface area contributed by atoms with Gasteiger partial charge in [-0.15, -0.1) is 11.6 Å². The zero-order valence-corrected chi connectivity index (χ0v) is 10.4. The highest BCUT2D eigenvalue weighted by Gasteiger charge is 2.16. The standard InChI is InChI=1S/C12H16ClNO3/c1-17-10-5-3-9(4-6-10)11(13)12(16)14-7-2-8-15/h3-6,11,15H,2,7-8H2,1H3,(H,14,16). The van der Waals surface area contributed by atoms with E-state index in [4.69, 9.17) is 21.4 Å². The van der Waals surface area contributed by atoms with Crippen LogP contribution in [0, 0.1) is 0 Å². The molecule has 1 aromatic carbocycles. The number of rotatable bonds is 6. The molecule has 0 spiro atoms. The summed E-state index contributed by atoms with van der Waals surface area (Å²) in [6.07, 6.45) is 0.526. The number of ether oxygens (including phenoxy) is 1. The van der Waals surface area contributed by atoms with Gasteiger partial charge in [-0.05, 0) is 24.1 Å². The Morgan fingerprint density at radius 3 is 2.65 bits per heavy atom. The minimum Gasteiger partial charge on any atom is -0.497 e. The normalized spacial score (nSPS) is 11.9. The fourth-order valence-electron chi connectivity index (χ4n) is 1.30. The van der Waals surface area contributed by atoms with Gasteiger partial charge in [-0.1, -0.05) is 12.1 Å². The third-order valence-corrected chi connectivity index (χ3v) is 2.72. The van der Waals surface area contributed by atoms with E-state index >= 15 is 0 Å². The van der Waals surface area contributed by atoms with Crippen LogP contribution in [0.15, 0.2) is 24.3 Å². The molecule has 1 aromatic rings. The van der Waals surface area contributed by atoms with Crippen molar-refractivity contribution >= 4 is 17.5 Å². The number of hydrogen-bond acceptors (Lipinski definition) is 3. The number of methoxy groups -OCH3 is 1. The summed E-state index contributed by atoms with van der Waals surface area (Å²) in [6.45, 7) is 0.477. The van der Waals surface area contributed by atoms with Crippen LogP contribution in [0.25, 0.3) is 0 Å². The van der Waals surface area contributed by atoms with E-state index < -0.39 is 5.38 Å². The molecule has 0 heterocycles. The fraction of sp³-hybridized carbons (Fsp3) is 0.417. The Hall–Kier alpha value is -1.26. The number of halogens is 1. The monoisotopic (exact) mass is 257 g/mol. The number of benzene rings is 1. The van der Waals surface area contributed by atoms with Crippen molar-refractivity contribution in [1.29, 1.82) is 0 Å². The molecule has 1 amide bonds. The second-order valence-corrected chi connectivity index (χ2v) is 3.94. The maximum absolute atomic E-state index is 11.6. The van der Waals surface area contributed by atoms with Gasteiger partial charge < -0.3 is 15.2 Å². The van der Waals surface area contributed by atoms with Crippen LogP contribution in [0.1, 0.15) is 17.4 Å². The molecular weight excluding hydrogens is 242 g/mol. The third kappa shape index (κ3) is 4.24. The van der Waals surface area contributed by atoms with Gasteiger partial charge >= 0.3 is 0 Å². The van der Waals surface area contributed by atoms with Gasteiger partial charge in [0.15, 0.2) is 0 Å². The molecule has 0 aliphatic heterocycles. The fourth-order valence-corrected chi connectivity index (χ4v) is 1.53. The van der Waals surface area contributed by atoms with Crippen LogP contribution in [0.3, 0.4) is 0 Å². The van der Waals surface area contributed by atoms with Crippen LogP contribution in [-0.4, -0.2) is 31.3 Å². The first-order chi connectivity index (χ1) is 8.19. The van der Waals surface area contributed by atoms with Crippen molar-refractivity contribution in [2.45, 2.75) is 11.8 Å². The first-order valence-corrected chi connectivity index (χ1v) is 5.79. The van der Waals surface area contributed by atoms with Crippen molar-refractivity contribution in [3.8, 4) is 5.75 Å². The summed E-state index contributed by atoms with van der Waals surface area (Å²) in [5.41, 5.74) is 0.717. The highest BCUT2D eigenvalue weighted by atomic mass is 35.5. The lowest BCUT2D eigenvalue weighted by atomic mass is 10.1. The van der Waals surface area contributed by atoms with Crippen molar-refractivity contribution in [2.75, 3.05) is 20.3 Å². The largest absolute Gasteiger partial charge is 0.497 e. The van der Waals surface area contributed by atoms with E-state index in [1.165, 1.54) is 0 Å². The molecular formula is C12H16ClNO3. The molecule has 1 atom stereocenters. The second kappa shape index (κ2) is 7.14. The molecule has 0 aliphatic carbocycles. The minimum absolute atomic E-state index is 0.0514. The summed E-state index contributed by atoms with van der Waals surface area (Å²) < 4.78 is 5.02. The SMILES string of the molecule is COc1ccc(C(Cl)C(=O)NCCCO)cc1. The highest BCUT2D eigenvalue weighted by Crippen LogP contribution is 2.22. The lowest BCUT2D eigenvalue weighted by molar-refractivity contribution is -0.120. The summed E-state index contributed by atoms with van der Waals surface area (Å²) in [5, 5.41) is 10.5. The molecule has 0 fully saturated rings. The molecule has 0 aliphatic rings. The molecule has 4 nitrogen and oxygen atoms in total. The van der Waals surface area contributed by atoms with Gasteiger partial charge in [0.05, 0.1) is 7.11 Å². The van der Waals surface area contributed by atoms with Gasteiger partial charge in [-0.25, -0.2) is 0 Å². The third-order valence-electron chi connectivity index (χ3n) is 2.27. The summed E-state index contributed by atoms with van der Waals surface area (Å²) in [5.74, 6) is 0.462. The van der Waals surface area contributed by atoms with Crippen LogP contribution >= 0.6 is 11.6 Å². The van der Waals surface area contributed by atoms with E-state index in [9.17, 15) is 4.79 Å². The lowest BCUT2D eigenvalue weighted by Crippen LogP contribution is -2.28. The van der Waals surface area contributed by atoms with Crippen molar-refractivity contribution in [1.82, 2.24) is 5.32 Å². The van der Waals surface area contributed by atoms with Crippen LogP contribution in [0.5, 0.6) is 5.75 Å². The molecule has 5 heteroatoms. The van der Waals surface area contributed by atoms with Crippen LogP contribution in [0.4, 0.5) is 0 Å². The van der Waals surface area contributed by atoms with E-state index in [1.54, 1.807) is 31.4 Å². The Morgan fingerprint density at radius 1 is 1.47 bits per heavy atom. The first-order valence-electron chi connectivity index (χ1n) is 5.35. The van der Waals surface area contributed by atoms with Gasteiger partial charge in [-0.2, -0.15) is 0 Å². The molecule has 0 saturated carbocycles. The number of carbonyl (C=O) groups excluding carboxylic acids is 1. The molecule has 0 aromatic heterocycles. The topological polar surface area (TPSA) is 58.6 Å². The van der Waals surface area contributed by atoms with E-state index in [-0.39, 0.29) is 12.5 Å². The quantitative estimate of drug-likeness (QED) is 0.599. The summed E-state index contributed by atoms with van der Waals surface area (Å²) >= 11 is 6.02. The first kappa shape index (κ1) is 13.8. The molecule has 94 valence electrons. The maximum Gasteiger partial charge on any atom is 0.242 e. The molecule has 0 radical (unpaired) electrons. The molecule has 0 saturated heterocycles. The summed E-state index contributed by atoms with van der Waals surface area (Å²) in [4.78, 5) is 11.6. The Labute approximate surface area is 106 Å². The van der Waals surface area contributed by atoms with Crippen molar-refractivity contribution in [3.05, 3.63) is 29.8 Å². The Morgan fingerprint density at radius 2 is 2.12 bits per heavy atom. The molecule has 1 rings (SSSR count). The minimum atomic E-state index is -0.723. The van der Waals surface area contributed by atoms with E-state index in [2.05, 4.69) is 5.32 Å². The molecule has 1 unspecified atom stereocenters. The zero-order chi connectivity index (χ0) is 12.7. The Bertz CT molecular complexity index is 353. The summed E-state index contributed by atoms with van der Waals surface area (Å²) in [7, 11) is 1.58. The molecule has 2 N–H and O–H groups in total. The van der Waals surface area contributed by atoms with Gasteiger partial charge in [0.2, 0.25) is 5.91 Å². The van der Waals surface area contributed by atoms with Crippen molar-refractivity contribution < 1.29 is 14.6 Å². The average Bonchev–Trinajstić information content (AvgIpc) is 2.38. The second-order valence-electron chi connectivity index (χ2n) is 3.50.